The van der Waals surface area contributed by atoms with E-state index in [1.165, 1.54) is 5.56 Å². The van der Waals surface area contributed by atoms with Crippen molar-refractivity contribution < 1.29 is 9.26 Å². The van der Waals surface area contributed by atoms with Crippen LogP contribution in [0.1, 0.15) is 30.1 Å². The fourth-order valence-corrected chi connectivity index (χ4v) is 2.86. The van der Waals surface area contributed by atoms with Crippen molar-refractivity contribution >= 4 is 0 Å². The van der Waals surface area contributed by atoms with Crippen LogP contribution in [-0.2, 0) is 24.2 Å². The monoisotopic (exact) mass is 316 g/mol. The molecule has 1 saturated heterocycles. The van der Waals surface area contributed by atoms with Crippen molar-refractivity contribution in [3.8, 4) is 0 Å². The topological polar surface area (TPSA) is 77.4 Å². The SMILES string of the molecule is NCc1nc(CN2CCC(OCCc3ccccc3)CC2)no1. The average molecular weight is 316 g/mol. The van der Waals surface area contributed by atoms with Gasteiger partial charge in [-0.1, -0.05) is 35.5 Å². The number of likely N-dealkylation sites (tertiary alicyclic amines) is 1. The quantitative estimate of drug-likeness (QED) is 0.838. The van der Waals surface area contributed by atoms with Gasteiger partial charge in [0.1, 0.15) is 0 Å². The van der Waals surface area contributed by atoms with Crippen LogP contribution in [0, 0.1) is 0 Å². The molecule has 6 nitrogen and oxygen atoms in total. The first-order valence-corrected chi connectivity index (χ1v) is 8.23. The molecule has 2 N–H and O–H groups in total. The maximum Gasteiger partial charge on any atom is 0.240 e. The summed E-state index contributed by atoms with van der Waals surface area (Å²) in [7, 11) is 0. The largest absolute Gasteiger partial charge is 0.378 e. The van der Waals surface area contributed by atoms with Gasteiger partial charge in [-0.25, -0.2) is 0 Å². The van der Waals surface area contributed by atoms with Crippen molar-refractivity contribution in [2.45, 2.75) is 38.5 Å². The third-order valence-electron chi connectivity index (χ3n) is 4.17. The predicted molar refractivity (Wildman–Crippen MR) is 86.6 cm³/mol. The number of rotatable bonds is 7. The maximum absolute atomic E-state index is 6.01. The van der Waals surface area contributed by atoms with Gasteiger partial charge in [0, 0.05) is 13.1 Å². The van der Waals surface area contributed by atoms with Gasteiger partial charge in [0.15, 0.2) is 5.82 Å². The zero-order chi connectivity index (χ0) is 15.9. The molecule has 0 aliphatic carbocycles. The zero-order valence-electron chi connectivity index (χ0n) is 13.4. The highest BCUT2D eigenvalue weighted by Crippen LogP contribution is 2.16. The van der Waals surface area contributed by atoms with Gasteiger partial charge in [-0.15, -0.1) is 0 Å². The molecule has 6 heteroatoms. The molecular weight excluding hydrogens is 292 g/mol. The molecule has 0 bridgehead atoms. The van der Waals surface area contributed by atoms with Crippen LogP contribution in [0.3, 0.4) is 0 Å². The van der Waals surface area contributed by atoms with E-state index in [9.17, 15) is 0 Å². The molecule has 0 atom stereocenters. The van der Waals surface area contributed by atoms with Crippen LogP contribution in [-0.4, -0.2) is 40.8 Å². The van der Waals surface area contributed by atoms with E-state index >= 15 is 0 Å². The number of aromatic nitrogens is 2. The zero-order valence-corrected chi connectivity index (χ0v) is 13.4. The summed E-state index contributed by atoms with van der Waals surface area (Å²) in [6.07, 6.45) is 3.44. The molecule has 0 radical (unpaired) electrons. The molecular formula is C17H24N4O2. The lowest BCUT2D eigenvalue weighted by Gasteiger charge is -2.31. The average Bonchev–Trinajstić information content (AvgIpc) is 3.05. The van der Waals surface area contributed by atoms with E-state index in [1.807, 2.05) is 6.07 Å². The predicted octanol–water partition coefficient (Wildman–Crippen LogP) is 1.75. The minimum Gasteiger partial charge on any atom is -0.378 e. The summed E-state index contributed by atoms with van der Waals surface area (Å²) in [5.41, 5.74) is 6.81. The fraction of sp³-hybridized carbons (Fsp3) is 0.529. The first kappa shape index (κ1) is 16.1. The second-order valence-corrected chi connectivity index (χ2v) is 5.89. The van der Waals surface area contributed by atoms with Crippen molar-refractivity contribution in [1.29, 1.82) is 0 Å². The molecule has 0 saturated carbocycles. The second kappa shape index (κ2) is 8.19. The molecule has 1 fully saturated rings. The number of piperidine rings is 1. The summed E-state index contributed by atoms with van der Waals surface area (Å²) >= 11 is 0. The van der Waals surface area contributed by atoms with Gasteiger partial charge >= 0.3 is 0 Å². The Morgan fingerprint density at radius 2 is 2.00 bits per heavy atom. The minimum atomic E-state index is 0.296. The summed E-state index contributed by atoms with van der Waals surface area (Å²) in [6.45, 7) is 3.81. The standard InChI is InChI=1S/C17H24N4O2/c18-12-17-19-16(20-23-17)13-21-9-6-15(7-10-21)22-11-8-14-4-2-1-3-5-14/h1-5,15H,6-13,18H2. The summed E-state index contributed by atoms with van der Waals surface area (Å²) in [6, 6.07) is 10.5. The fourth-order valence-electron chi connectivity index (χ4n) is 2.86. The van der Waals surface area contributed by atoms with Crippen molar-refractivity contribution in [3.05, 3.63) is 47.6 Å². The second-order valence-electron chi connectivity index (χ2n) is 5.89. The van der Waals surface area contributed by atoms with E-state index in [2.05, 4.69) is 39.3 Å². The molecule has 0 unspecified atom stereocenters. The summed E-state index contributed by atoms with van der Waals surface area (Å²) < 4.78 is 11.0. The van der Waals surface area contributed by atoms with E-state index in [1.54, 1.807) is 0 Å². The smallest absolute Gasteiger partial charge is 0.240 e. The Kier molecular flexibility index (Phi) is 5.74. The lowest BCUT2D eigenvalue weighted by Crippen LogP contribution is -2.37. The highest BCUT2D eigenvalue weighted by molar-refractivity contribution is 5.14. The first-order valence-electron chi connectivity index (χ1n) is 8.23. The Labute approximate surface area is 136 Å². The molecule has 2 aromatic rings. The van der Waals surface area contributed by atoms with E-state index in [0.29, 0.717) is 24.4 Å². The molecule has 0 spiro atoms. The molecule has 124 valence electrons. The normalized spacial score (nSPS) is 16.7. The number of ether oxygens (including phenoxy) is 1. The Balaban J connectivity index is 1.35. The number of nitrogens with zero attached hydrogens (tertiary/aromatic N) is 3. The van der Waals surface area contributed by atoms with Crippen LogP contribution in [0.2, 0.25) is 0 Å². The Bertz CT molecular complexity index is 579. The molecule has 1 aromatic heterocycles. The van der Waals surface area contributed by atoms with Crippen LogP contribution in [0.4, 0.5) is 0 Å². The Hall–Kier alpha value is -1.76. The van der Waals surface area contributed by atoms with Crippen LogP contribution < -0.4 is 5.73 Å². The highest BCUT2D eigenvalue weighted by atomic mass is 16.5. The number of hydrogen-bond donors (Lipinski definition) is 1. The van der Waals surface area contributed by atoms with Gasteiger partial charge in [0.05, 0.1) is 25.8 Å². The van der Waals surface area contributed by atoms with Crippen molar-refractivity contribution in [2.24, 2.45) is 5.73 Å². The minimum absolute atomic E-state index is 0.296. The van der Waals surface area contributed by atoms with Crippen molar-refractivity contribution in [3.63, 3.8) is 0 Å². The first-order chi connectivity index (χ1) is 11.3. The Morgan fingerprint density at radius 1 is 1.22 bits per heavy atom. The van der Waals surface area contributed by atoms with Gasteiger partial charge in [0.2, 0.25) is 5.89 Å². The van der Waals surface area contributed by atoms with Gasteiger partial charge in [-0.3, -0.25) is 4.90 Å². The van der Waals surface area contributed by atoms with Crippen molar-refractivity contribution in [1.82, 2.24) is 15.0 Å². The molecule has 0 amide bonds. The van der Waals surface area contributed by atoms with Gasteiger partial charge in [0.25, 0.3) is 0 Å². The lowest BCUT2D eigenvalue weighted by atomic mass is 10.1. The van der Waals surface area contributed by atoms with Crippen LogP contribution >= 0.6 is 0 Å². The molecule has 23 heavy (non-hydrogen) atoms. The molecule has 1 aliphatic heterocycles. The van der Waals surface area contributed by atoms with Gasteiger partial charge in [-0.2, -0.15) is 4.98 Å². The van der Waals surface area contributed by atoms with E-state index < -0.39 is 0 Å². The third-order valence-corrected chi connectivity index (χ3v) is 4.17. The van der Waals surface area contributed by atoms with Gasteiger partial charge < -0.3 is 15.0 Å². The third kappa shape index (κ3) is 4.86. The highest BCUT2D eigenvalue weighted by Gasteiger charge is 2.21. The number of hydrogen-bond acceptors (Lipinski definition) is 6. The molecule has 1 aromatic carbocycles. The Morgan fingerprint density at radius 3 is 2.70 bits per heavy atom. The number of benzene rings is 1. The van der Waals surface area contributed by atoms with Crippen LogP contribution in [0.15, 0.2) is 34.9 Å². The maximum atomic E-state index is 6.01. The van der Waals surface area contributed by atoms with E-state index in [0.717, 1.165) is 45.5 Å². The lowest BCUT2D eigenvalue weighted by molar-refractivity contribution is 0.00680. The molecule has 1 aliphatic rings. The van der Waals surface area contributed by atoms with Gasteiger partial charge in [-0.05, 0) is 24.8 Å². The molecule has 3 rings (SSSR count). The summed E-state index contributed by atoms with van der Waals surface area (Å²) in [5, 5.41) is 3.94. The van der Waals surface area contributed by atoms with Crippen LogP contribution in [0.5, 0.6) is 0 Å². The van der Waals surface area contributed by atoms with E-state index in [4.69, 9.17) is 15.0 Å². The molecule has 2 heterocycles. The van der Waals surface area contributed by atoms with Crippen LogP contribution in [0.25, 0.3) is 0 Å². The summed E-state index contributed by atoms with van der Waals surface area (Å²) in [4.78, 5) is 6.58. The summed E-state index contributed by atoms with van der Waals surface area (Å²) in [5.74, 6) is 1.22. The number of nitrogens with two attached hydrogens (primary N) is 1. The van der Waals surface area contributed by atoms with E-state index in [-0.39, 0.29) is 0 Å². The van der Waals surface area contributed by atoms with Crippen molar-refractivity contribution in [2.75, 3.05) is 19.7 Å².